The summed E-state index contributed by atoms with van der Waals surface area (Å²) in [6, 6.07) is 12.5. The number of rotatable bonds is 6. The zero-order chi connectivity index (χ0) is 16.1. The van der Waals surface area contributed by atoms with E-state index in [0.29, 0.717) is 12.5 Å². The zero-order valence-corrected chi connectivity index (χ0v) is 14.9. The molecule has 0 saturated carbocycles. The fourth-order valence-corrected chi connectivity index (χ4v) is 4.63. The summed E-state index contributed by atoms with van der Waals surface area (Å²) >= 11 is 3.48. The minimum absolute atomic E-state index is 0.280. The van der Waals surface area contributed by atoms with Gasteiger partial charge in [-0.3, -0.25) is 4.79 Å². The molecule has 0 bridgehead atoms. The molecule has 1 aromatic heterocycles. The summed E-state index contributed by atoms with van der Waals surface area (Å²) in [5.74, 6) is 1.96. The van der Waals surface area contributed by atoms with Crippen LogP contribution in [0.3, 0.4) is 0 Å². The first-order valence-electron chi connectivity index (χ1n) is 7.87. The van der Waals surface area contributed by atoms with E-state index in [1.807, 2.05) is 24.3 Å². The quantitative estimate of drug-likeness (QED) is 0.715. The Labute approximate surface area is 145 Å². The van der Waals surface area contributed by atoms with Crippen LogP contribution in [0.15, 0.2) is 46.7 Å². The Morgan fingerprint density at radius 1 is 1.35 bits per heavy atom. The Balaban J connectivity index is 1.50. The molecule has 1 aromatic carbocycles. The molecule has 3 nitrogen and oxygen atoms in total. The summed E-state index contributed by atoms with van der Waals surface area (Å²) in [5, 5.41) is 2.09. The maximum absolute atomic E-state index is 12.5. The van der Waals surface area contributed by atoms with Crippen molar-refractivity contribution >= 4 is 29.0 Å². The zero-order valence-electron chi connectivity index (χ0n) is 13.2. The summed E-state index contributed by atoms with van der Waals surface area (Å²) in [6.07, 6.45) is 2.80. The number of benzene rings is 1. The largest absolute Gasteiger partial charge is 0.497 e. The molecule has 1 aliphatic rings. The van der Waals surface area contributed by atoms with Crippen molar-refractivity contribution in [1.29, 1.82) is 0 Å². The monoisotopic (exact) mass is 347 g/mol. The van der Waals surface area contributed by atoms with Crippen molar-refractivity contribution < 1.29 is 9.53 Å². The number of ether oxygens (including phenoxy) is 1. The number of thiophene rings is 1. The van der Waals surface area contributed by atoms with Crippen LogP contribution in [0.2, 0.25) is 0 Å². The second kappa shape index (κ2) is 7.88. The van der Waals surface area contributed by atoms with Crippen LogP contribution < -0.4 is 4.74 Å². The number of carbonyl (C=O) groups excluding carboxylic acids is 1. The van der Waals surface area contributed by atoms with E-state index < -0.39 is 0 Å². The molecule has 1 atom stereocenters. The normalized spacial score (nSPS) is 17.4. The van der Waals surface area contributed by atoms with Gasteiger partial charge in [-0.25, -0.2) is 0 Å². The Morgan fingerprint density at radius 3 is 2.87 bits per heavy atom. The lowest BCUT2D eigenvalue weighted by Crippen LogP contribution is -2.30. The number of thioether (sulfide) groups is 1. The van der Waals surface area contributed by atoms with E-state index in [9.17, 15) is 4.79 Å². The van der Waals surface area contributed by atoms with Gasteiger partial charge in [0.25, 0.3) is 0 Å². The molecule has 0 spiro atoms. The Kier molecular flexibility index (Phi) is 5.62. The first-order chi connectivity index (χ1) is 11.3. The smallest absolute Gasteiger partial charge is 0.223 e. The van der Waals surface area contributed by atoms with Gasteiger partial charge in [0.2, 0.25) is 5.91 Å². The maximum atomic E-state index is 12.5. The van der Waals surface area contributed by atoms with Crippen LogP contribution >= 0.6 is 23.1 Å². The lowest BCUT2D eigenvalue weighted by atomic mass is 10.2. The first-order valence-corrected chi connectivity index (χ1v) is 9.74. The molecule has 2 heterocycles. The van der Waals surface area contributed by atoms with E-state index in [1.54, 1.807) is 30.2 Å². The number of likely N-dealkylation sites (tertiary alicyclic amines) is 1. The van der Waals surface area contributed by atoms with Crippen LogP contribution in [-0.4, -0.2) is 30.2 Å². The highest BCUT2D eigenvalue weighted by molar-refractivity contribution is 7.99. The number of methoxy groups -OCH3 is 1. The molecule has 23 heavy (non-hydrogen) atoms. The van der Waals surface area contributed by atoms with Gasteiger partial charge in [0, 0.05) is 28.5 Å². The molecule has 1 aliphatic heterocycles. The molecule has 5 heteroatoms. The standard InChI is InChI=1S/C18H21NO2S2/c1-21-14-6-8-15(9-7-14)22-13-10-18(20)19-11-2-4-16(19)17-5-3-12-23-17/h3,5-9,12,16H,2,4,10-11,13H2,1H3. The van der Waals surface area contributed by atoms with Crippen molar-refractivity contribution in [1.82, 2.24) is 4.90 Å². The van der Waals surface area contributed by atoms with Crippen molar-refractivity contribution in [3.63, 3.8) is 0 Å². The van der Waals surface area contributed by atoms with E-state index in [2.05, 4.69) is 22.4 Å². The maximum Gasteiger partial charge on any atom is 0.223 e. The van der Waals surface area contributed by atoms with E-state index >= 15 is 0 Å². The fourth-order valence-electron chi connectivity index (χ4n) is 2.91. The van der Waals surface area contributed by atoms with Gasteiger partial charge in [0.1, 0.15) is 5.75 Å². The summed E-state index contributed by atoms with van der Waals surface area (Å²) < 4.78 is 5.16. The third kappa shape index (κ3) is 4.09. The van der Waals surface area contributed by atoms with Crippen LogP contribution in [0.25, 0.3) is 0 Å². The van der Waals surface area contributed by atoms with E-state index in [1.165, 1.54) is 9.77 Å². The minimum Gasteiger partial charge on any atom is -0.497 e. The SMILES string of the molecule is COc1ccc(SCCC(=O)N2CCCC2c2cccs2)cc1. The molecule has 2 aromatic rings. The third-order valence-electron chi connectivity index (χ3n) is 4.09. The average Bonchev–Trinajstić information content (AvgIpc) is 3.26. The van der Waals surface area contributed by atoms with Gasteiger partial charge < -0.3 is 9.64 Å². The predicted octanol–water partition coefficient (Wildman–Crippen LogP) is 4.60. The first kappa shape index (κ1) is 16.4. The molecule has 1 fully saturated rings. The van der Waals surface area contributed by atoms with Crippen LogP contribution in [0.1, 0.15) is 30.2 Å². The van der Waals surface area contributed by atoms with Gasteiger partial charge in [-0.1, -0.05) is 6.07 Å². The molecule has 122 valence electrons. The van der Waals surface area contributed by atoms with E-state index in [4.69, 9.17) is 4.74 Å². The lowest BCUT2D eigenvalue weighted by Gasteiger charge is -2.24. The van der Waals surface area contributed by atoms with E-state index in [0.717, 1.165) is 30.9 Å². The van der Waals surface area contributed by atoms with Crippen LogP contribution in [0.5, 0.6) is 5.75 Å². The molecular weight excluding hydrogens is 326 g/mol. The van der Waals surface area contributed by atoms with Gasteiger partial charge in [0.15, 0.2) is 0 Å². The summed E-state index contributed by atoms with van der Waals surface area (Å²) in [5.41, 5.74) is 0. The highest BCUT2D eigenvalue weighted by atomic mass is 32.2. The average molecular weight is 348 g/mol. The van der Waals surface area contributed by atoms with Crippen molar-refractivity contribution in [2.24, 2.45) is 0 Å². The molecular formula is C18H21NO2S2. The summed E-state index contributed by atoms with van der Waals surface area (Å²) in [4.78, 5) is 17.1. The second-order valence-corrected chi connectivity index (χ2v) is 7.68. The van der Waals surface area contributed by atoms with Gasteiger partial charge in [0.05, 0.1) is 13.2 Å². The fraction of sp³-hybridized carbons (Fsp3) is 0.389. The van der Waals surface area contributed by atoms with Gasteiger partial charge in [-0.2, -0.15) is 0 Å². The van der Waals surface area contributed by atoms with Crippen molar-refractivity contribution in [3.8, 4) is 5.75 Å². The van der Waals surface area contributed by atoms with Crippen molar-refractivity contribution in [2.45, 2.75) is 30.2 Å². The molecule has 0 radical (unpaired) electrons. The lowest BCUT2D eigenvalue weighted by molar-refractivity contribution is -0.131. The highest BCUT2D eigenvalue weighted by Gasteiger charge is 2.29. The molecule has 0 aliphatic carbocycles. The minimum atomic E-state index is 0.280. The molecule has 3 rings (SSSR count). The molecule has 1 saturated heterocycles. The molecule has 0 N–H and O–H groups in total. The third-order valence-corrected chi connectivity index (χ3v) is 6.08. The molecule has 1 amide bonds. The van der Waals surface area contributed by atoms with E-state index in [-0.39, 0.29) is 5.91 Å². The highest BCUT2D eigenvalue weighted by Crippen LogP contribution is 2.35. The topological polar surface area (TPSA) is 29.5 Å². The number of hydrogen-bond donors (Lipinski definition) is 0. The number of amides is 1. The summed E-state index contributed by atoms with van der Waals surface area (Å²) in [6.45, 7) is 0.897. The van der Waals surface area contributed by atoms with Crippen LogP contribution in [-0.2, 0) is 4.79 Å². The number of carbonyl (C=O) groups is 1. The molecule has 1 unspecified atom stereocenters. The van der Waals surface area contributed by atoms with Gasteiger partial charge >= 0.3 is 0 Å². The Morgan fingerprint density at radius 2 is 2.17 bits per heavy atom. The van der Waals surface area contributed by atoms with Crippen molar-refractivity contribution in [2.75, 3.05) is 19.4 Å². The van der Waals surface area contributed by atoms with Crippen LogP contribution in [0.4, 0.5) is 0 Å². The van der Waals surface area contributed by atoms with Gasteiger partial charge in [-0.15, -0.1) is 23.1 Å². The second-order valence-electron chi connectivity index (χ2n) is 5.53. The number of nitrogens with zero attached hydrogens (tertiary/aromatic N) is 1. The Hall–Kier alpha value is -1.46. The number of hydrogen-bond acceptors (Lipinski definition) is 4. The van der Waals surface area contributed by atoms with Crippen LogP contribution in [0, 0.1) is 0 Å². The van der Waals surface area contributed by atoms with Gasteiger partial charge in [-0.05, 0) is 48.6 Å². The predicted molar refractivity (Wildman–Crippen MR) is 96.3 cm³/mol. The Bertz CT molecular complexity index is 625. The van der Waals surface area contributed by atoms with Crippen molar-refractivity contribution in [3.05, 3.63) is 46.7 Å². The summed E-state index contributed by atoms with van der Waals surface area (Å²) in [7, 11) is 1.67.